The van der Waals surface area contributed by atoms with Crippen molar-refractivity contribution in [1.82, 2.24) is 14.8 Å². The average Bonchev–Trinajstić information content (AvgIpc) is 3.40. The number of nitrogens with zero attached hydrogens (tertiary/aromatic N) is 2. The highest BCUT2D eigenvalue weighted by atomic mass is 19.4. The summed E-state index contributed by atoms with van der Waals surface area (Å²) in [4.78, 5) is 26.0. The fourth-order valence-corrected chi connectivity index (χ4v) is 5.61. The van der Waals surface area contributed by atoms with Crippen molar-refractivity contribution in [3.63, 3.8) is 0 Å². The lowest BCUT2D eigenvalue weighted by Crippen LogP contribution is -2.44. The zero-order valence-electron chi connectivity index (χ0n) is 27.1. The number of halogens is 3. The molecule has 254 valence electrons. The molecule has 1 saturated heterocycles. The Morgan fingerprint density at radius 1 is 1.09 bits per heavy atom. The molecule has 1 fully saturated rings. The van der Waals surface area contributed by atoms with Crippen LogP contribution in [0.15, 0.2) is 42.5 Å². The van der Waals surface area contributed by atoms with Crippen LogP contribution in [0.5, 0.6) is 5.75 Å². The SMILES string of the molecule is CCC(=O)OC(COC)CN1CCC(Nc2cccc3c2cc(C#CCNc2ccc(C(=O)NC)cc2OC)n3CC(F)(F)F)CC1. The Kier molecular flexibility index (Phi) is 12.4. The molecule has 0 aliphatic carbocycles. The van der Waals surface area contributed by atoms with E-state index in [0.717, 1.165) is 31.6 Å². The first kappa shape index (κ1) is 35.4. The summed E-state index contributed by atoms with van der Waals surface area (Å²) < 4.78 is 58.4. The molecule has 3 aromatic rings. The average molecular weight is 658 g/mol. The van der Waals surface area contributed by atoms with Crippen LogP contribution in [0.2, 0.25) is 0 Å². The summed E-state index contributed by atoms with van der Waals surface area (Å²) in [6.45, 7) is 3.16. The minimum absolute atomic E-state index is 0.116. The number of carbonyl (C=O) groups is 2. The number of rotatable bonds is 13. The van der Waals surface area contributed by atoms with Crippen LogP contribution < -0.4 is 20.7 Å². The molecule has 1 amide bonds. The van der Waals surface area contributed by atoms with Crippen molar-refractivity contribution in [1.29, 1.82) is 0 Å². The lowest BCUT2D eigenvalue weighted by atomic mass is 10.0. The summed E-state index contributed by atoms with van der Waals surface area (Å²) >= 11 is 0. The molecule has 4 rings (SSSR count). The largest absolute Gasteiger partial charge is 0.495 e. The molecule has 3 N–H and O–H groups in total. The van der Waals surface area contributed by atoms with Gasteiger partial charge in [0.1, 0.15) is 18.4 Å². The van der Waals surface area contributed by atoms with Crippen LogP contribution in [0, 0.1) is 11.8 Å². The molecular formula is C34H42F3N5O5. The van der Waals surface area contributed by atoms with Gasteiger partial charge >= 0.3 is 12.1 Å². The number of piperidine rings is 1. The topological polar surface area (TPSA) is 106 Å². The van der Waals surface area contributed by atoms with E-state index in [1.807, 2.05) is 6.07 Å². The summed E-state index contributed by atoms with van der Waals surface area (Å²) in [7, 11) is 4.59. The van der Waals surface area contributed by atoms with Gasteiger partial charge in [0.25, 0.3) is 5.91 Å². The molecule has 2 aromatic carbocycles. The molecule has 1 unspecified atom stereocenters. The summed E-state index contributed by atoms with van der Waals surface area (Å²) in [6.07, 6.45) is -2.86. The second kappa shape index (κ2) is 16.4. The van der Waals surface area contributed by atoms with E-state index in [4.69, 9.17) is 14.2 Å². The highest BCUT2D eigenvalue weighted by Gasteiger charge is 2.30. The lowest BCUT2D eigenvalue weighted by molar-refractivity contribution is -0.152. The third-order valence-electron chi connectivity index (χ3n) is 7.91. The molecule has 2 heterocycles. The van der Waals surface area contributed by atoms with E-state index < -0.39 is 12.7 Å². The van der Waals surface area contributed by atoms with E-state index in [1.165, 1.54) is 18.7 Å². The van der Waals surface area contributed by atoms with Gasteiger partial charge in [-0.25, -0.2) is 0 Å². The predicted molar refractivity (Wildman–Crippen MR) is 175 cm³/mol. The first-order chi connectivity index (χ1) is 22.5. The number of benzene rings is 2. The molecule has 0 bridgehead atoms. The molecule has 1 aromatic heterocycles. The Morgan fingerprint density at radius 3 is 2.51 bits per heavy atom. The van der Waals surface area contributed by atoms with Crippen molar-refractivity contribution in [2.24, 2.45) is 0 Å². The third kappa shape index (κ3) is 9.79. The molecule has 1 aliphatic heterocycles. The zero-order valence-corrected chi connectivity index (χ0v) is 27.1. The first-order valence-corrected chi connectivity index (χ1v) is 15.5. The number of esters is 1. The number of ether oxygens (including phenoxy) is 3. The molecule has 1 atom stereocenters. The number of nitrogens with one attached hydrogen (secondary N) is 3. The Bertz CT molecular complexity index is 1590. The van der Waals surface area contributed by atoms with Crippen molar-refractivity contribution < 1.29 is 37.0 Å². The van der Waals surface area contributed by atoms with Gasteiger partial charge in [0, 0.05) is 62.9 Å². The van der Waals surface area contributed by atoms with Crippen LogP contribution >= 0.6 is 0 Å². The number of amides is 1. The Labute approximate surface area is 272 Å². The highest BCUT2D eigenvalue weighted by molar-refractivity contribution is 5.95. The number of hydrogen-bond acceptors (Lipinski definition) is 8. The number of likely N-dealkylation sites (tertiary alicyclic amines) is 1. The maximum Gasteiger partial charge on any atom is 0.406 e. The molecule has 0 spiro atoms. The van der Waals surface area contributed by atoms with Crippen LogP contribution in [0.1, 0.15) is 42.2 Å². The normalized spacial score (nSPS) is 14.6. The molecule has 47 heavy (non-hydrogen) atoms. The number of fused-ring (bicyclic) bond motifs is 1. The molecule has 0 radical (unpaired) electrons. The monoisotopic (exact) mass is 657 g/mol. The minimum Gasteiger partial charge on any atom is -0.495 e. The highest BCUT2D eigenvalue weighted by Crippen LogP contribution is 2.31. The van der Waals surface area contributed by atoms with Gasteiger partial charge in [0.05, 0.1) is 37.2 Å². The smallest absolute Gasteiger partial charge is 0.406 e. The first-order valence-electron chi connectivity index (χ1n) is 15.5. The van der Waals surface area contributed by atoms with Gasteiger partial charge in [0.2, 0.25) is 0 Å². The van der Waals surface area contributed by atoms with Gasteiger partial charge in [-0.1, -0.05) is 18.9 Å². The van der Waals surface area contributed by atoms with Crippen molar-refractivity contribution >= 4 is 34.2 Å². The maximum absolute atomic E-state index is 13.7. The van der Waals surface area contributed by atoms with Gasteiger partial charge in [-0.05, 0) is 55.2 Å². The lowest BCUT2D eigenvalue weighted by Gasteiger charge is -2.34. The van der Waals surface area contributed by atoms with Gasteiger partial charge < -0.3 is 34.7 Å². The van der Waals surface area contributed by atoms with Crippen LogP contribution in [0.25, 0.3) is 10.9 Å². The van der Waals surface area contributed by atoms with Crippen LogP contribution in [0.4, 0.5) is 24.5 Å². The quantitative estimate of drug-likeness (QED) is 0.177. The Morgan fingerprint density at radius 2 is 1.85 bits per heavy atom. The van der Waals surface area contributed by atoms with Crippen molar-refractivity contribution in [2.75, 3.05) is 64.7 Å². The molecule has 1 aliphatic rings. The number of anilines is 2. The van der Waals surface area contributed by atoms with E-state index >= 15 is 0 Å². The summed E-state index contributed by atoms with van der Waals surface area (Å²) in [5.41, 5.74) is 2.46. The van der Waals surface area contributed by atoms with E-state index in [0.29, 0.717) is 47.5 Å². The Balaban J connectivity index is 1.47. The standard InChI is InChI=1S/C34H42F3N5O5/c1-5-32(43)47-26(21-45-3)20-41-16-13-24(14-17-41)40-28-9-6-10-30-27(28)19-25(42(30)22-34(35,36)37)8-7-15-39-29-12-11-23(33(44)38-2)18-31(29)46-4/h6,9-12,18-19,24,26,39-40H,5,13-17,20-22H2,1-4H3,(H,38,44). The van der Waals surface area contributed by atoms with Crippen LogP contribution in [-0.2, 0) is 20.8 Å². The number of hydrogen-bond donors (Lipinski definition) is 3. The summed E-state index contributed by atoms with van der Waals surface area (Å²) in [5.74, 6) is 5.78. The second-order valence-corrected chi connectivity index (χ2v) is 11.3. The number of aromatic nitrogens is 1. The zero-order chi connectivity index (χ0) is 34.0. The summed E-state index contributed by atoms with van der Waals surface area (Å²) in [5, 5.41) is 9.88. The van der Waals surface area contributed by atoms with E-state index in [9.17, 15) is 22.8 Å². The van der Waals surface area contributed by atoms with Crippen molar-refractivity contribution in [3.05, 3.63) is 53.7 Å². The maximum atomic E-state index is 13.7. The van der Waals surface area contributed by atoms with E-state index in [1.54, 1.807) is 50.4 Å². The van der Waals surface area contributed by atoms with Gasteiger partial charge in [-0.15, -0.1) is 0 Å². The van der Waals surface area contributed by atoms with Gasteiger partial charge in [-0.3, -0.25) is 14.5 Å². The fourth-order valence-electron chi connectivity index (χ4n) is 5.61. The second-order valence-electron chi connectivity index (χ2n) is 11.3. The predicted octanol–water partition coefficient (Wildman–Crippen LogP) is 4.88. The summed E-state index contributed by atoms with van der Waals surface area (Å²) in [6, 6.07) is 12.0. The molecular weight excluding hydrogens is 615 g/mol. The van der Waals surface area contributed by atoms with Crippen LogP contribution in [0.3, 0.4) is 0 Å². The third-order valence-corrected chi connectivity index (χ3v) is 7.91. The van der Waals surface area contributed by atoms with Gasteiger partial charge in [-0.2, -0.15) is 13.2 Å². The van der Waals surface area contributed by atoms with Crippen molar-refractivity contribution in [3.8, 4) is 17.6 Å². The van der Waals surface area contributed by atoms with Crippen LogP contribution in [-0.4, -0.2) is 93.7 Å². The molecule has 13 heteroatoms. The fraction of sp³-hybridized carbons (Fsp3) is 0.471. The Hall–Kier alpha value is -4.41. The van der Waals surface area contributed by atoms with E-state index in [-0.39, 0.29) is 36.3 Å². The number of methoxy groups -OCH3 is 2. The molecule has 0 saturated carbocycles. The van der Waals surface area contributed by atoms with Crippen molar-refractivity contribution in [2.45, 2.75) is 51.1 Å². The van der Waals surface area contributed by atoms with E-state index in [2.05, 4.69) is 32.7 Å². The number of alkyl halides is 3. The number of carbonyl (C=O) groups excluding carboxylic acids is 2. The van der Waals surface area contributed by atoms with Gasteiger partial charge in [0.15, 0.2) is 0 Å². The molecule has 10 nitrogen and oxygen atoms in total. The minimum atomic E-state index is -4.44.